The van der Waals surface area contributed by atoms with Gasteiger partial charge in [0.05, 0.1) is 7.11 Å². The number of nitrogens with zero attached hydrogens (tertiary/aromatic N) is 1. The van der Waals surface area contributed by atoms with E-state index >= 15 is 0 Å². The maximum atomic E-state index is 13.7. The zero-order chi connectivity index (χ0) is 24.9. The SMILES string of the molecule is COc1ccc(CN(CC(C)C)C(=O)c2cccc(F)c2)cc1OS(=O)(=O)c1ccc(F)cc1. The minimum absolute atomic E-state index is 0.0768. The van der Waals surface area contributed by atoms with Gasteiger partial charge < -0.3 is 13.8 Å². The lowest BCUT2D eigenvalue weighted by atomic mass is 10.1. The fourth-order valence-corrected chi connectivity index (χ4v) is 4.27. The van der Waals surface area contributed by atoms with Gasteiger partial charge in [0.15, 0.2) is 11.5 Å². The molecule has 0 heterocycles. The predicted molar refractivity (Wildman–Crippen MR) is 123 cm³/mol. The van der Waals surface area contributed by atoms with Crippen LogP contribution in [0.2, 0.25) is 0 Å². The summed E-state index contributed by atoms with van der Waals surface area (Å²) in [6.45, 7) is 4.42. The number of benzene rings is 3. The van der Waals surface area contributed by atoms with Crippen LogP contribution in [-0.2, 0) is 16.7 Å². The molecule has 0 spiro atoms. The van der Waals surface area contributed by atoms with E-state index in [-0.39, 0.29) is 40.3 Å². The van der Waals surface area contributed by atoms with Crippen LogP contribution in [0.25, 0.3) is 0 Å². The molecule has 34 heavy (non-hydrogen) atoms. The summed E-state index contributed by atoms with van der Waals surface area (Å²) >= 11 is 0. The van der Waals surface area contributed by atoms with E-state index in [0.29, 0.717) is 12.1 Å². The highest BCUT2D eigenvalue weighted by Crippen LogP contribution is 2.31. The molecular weight excluding hydrogens is 464 g/mol. The van der Waals surface area contributed by atoms with Gasteiger partial charge in [-0.05, 0) is 66.1 Å². The lowest BCUT2D eigenvalue weighted by Gasteiger charge is -2.25. The van der Waals surface area contributed by atoms with Gasteiger partial charge in [0.1, 0.15) is 16.5 Å². The molecule has 180 valence electrons. The molecule has 0 saturated heterocycles. The lowest BCUT2D eigenvalue weighted by Crippen LogP contribution is -2.33. The third-order valence-electron chi connectivity index (χ3n) is 4.85. The Morgan fingerprint density at radius 2 is 1.65 bits per heavy atom. The number of hydrogen-bond donors (Lipinski definition) is 0. The number of rotatable bonds is 9. The second-order valence-corrected chi connectivity index (χ2v) is 9.61. The van der Waals surface area contributed by atoms with Crippen LogP contribution in [-0.4, -0.2) is 32.9 Å². The Morgan fingerprint density at radius 3 is 2.26 bits per heavy atom. The summed E-state index contributed by atoms with van der Waals surface area (Å²) in [5, 5.41) is 0. The molecular formula is C25H25F2NO5S. The van der Waals surface area contributed by atoms with Crippen molar-refractivity contribution in [3.63, 3.8) is 0 Å². The number of hydrogen-bond acceptors (Lipinski definition) is 5. The summed E-state index contributed by atoms with van der Waals surface area (Å²) in [5.41, 5.74) is 0.792. The van der Waals surface area contributed by atoms with E-state index in [9.17, 15) is 22.0 Å². The average Bonchev–Trinajstić information content (AvgIpc) is 2.78. The van der Waals surface area contributed by atoms with Crippen LogP contribution in [0, 0.1) is 17.6 Å². The molecule has 9 heteroatoms. The maximum Gasteiger partial charge on any atom is 0.339 e. The third kappa shape index (κ3) is 6.32. The van der Waals surface area contributed by atoms with Crippen molar-refractivity contribution in [2.24, 2.45) is 5.92 Å². The first-order chi connectivity index (χ1) is 16.1. The van der Waals surface area contributed by atoms with Gasteiger partial charge >= 0.3 is 10.1 Å². The highest BCUT2D eigenvalue weighted by atomic mass is 32.2. The van der Waals surface area contributed by atoms with Crippen molar-refractivity contribution in [3.8, 4) is 11.5 Å². The summed E-state index contributed by atoms with van der Waals surface area (Å²) in [6.07, 6.45) is 0. The standard InChI is InChI=1S/C25H25F2NO5S/c1-17(2)15-28(25(29)19-5-4-6-21(27)14-19)16-18-7-12-23(32-3)24(13-18)33-34(30,31)22-10-8-20(26)9-11-22/h4-14,17H,15-16H2,1-3H3. The fraction of sp³-hybridized carbons (Fsp3) is 0.240. The van der Waals surface area contributed by atoms with Crippen LogP contribution < -0.4 is 8.92 Å². The quantitative estimate of drug-likeness (QED) is 0.394. The molecule has 0 saturated carbocycles. The fourth-order valence-electron chi connectivity index (χ4n) is 3.34. The van der Waals surface area contributed by atoms with Gasteiger partial charge in [-0.2, -0.15) is 8.42 Å². The first-order valence-electron chi connectivity index (χ1n) is 10.5. The second kappa shape index (κ2) is 10.6. The van der Waals surface area contributed by atoms with E-state index in [0.717, 1.165) is 24.3 Å². The van der Waals surface area contributed by atoms with E-state index in [4.69, 9.17) is 8.92 Å². The molecule has 3 aromatic rings. The summed E-state index contributed by atoms with van der Waals surface area (Å²) in [6, 6.07) is 14.4. The van der Waals surface area contributed by atoms with Gasteiger partial charge in [-0.15, -0.1) is 0 Å². The van der Waals surface area contributed by atoms with E-state index in [1.165, 1.54) is 43.5 Å². The molecule has 3 aromatic carbocycles. The summed E-state index contributed by atoms with van der Waals surface area (Å²) in [7, 11) is -2.89. The van der Waals surface area contributed by atoms with Crippen molar-refractivity contribution in [1.29, 1.82) is 0 Å². The van der Waals surface area contributed by atoms with Gasteiger partial charge in [0.2, 0.25) is 0 Å². The summed E-state index contributed by atoms with van der Waals surface area (Å²) in [4.78, 5) is 14.4. The number of carbonyl (C=O) groups is 1. The molecule has 0 atom stereocenters. The van der Waals surface area contributed by atoms with Crippen LogP contribution >= 0.6 is 0 Å². The maximum absolute atomic E-state index is 13.7. The van der Waals surface area contributed by atoms with E-state index in [1.54, 1.807) is 11.0 Å². The van der Waals surface area contributed by atoms with E-state index < -0.39 is 21.8 Å². The number of amides is 1. The highest BCUT2D eigenvalue weighted by molar-refractivity contribution is 7.87. The van der Waals surface area contributed by atoms with Gasteiger partial charge in [-0.25, -0.2) is 8.78 Å². The smallest absolute Gasteiger partial charge is 0.339 e. The lowest BCUT2D eigenvalue weighted by molar-refractivity contribution is 0.0722. The van der Waals surface area contributed by atoms with Crippen LogP contribution in [0.15, 0.2) is 71.6 Å². The van der Waals surface area contributed by atoms with Crippen LogP contribution in [0.4, 0.5) is 8.78 Å². The zero-order valence-electron chi connectivity index (χ0n) is 19.0. The molecule has 0 aliphatic rings. The predicted octanol–water partition coefficient (Wildman–Crippen LogP) is 5.04. The summed E-state index contributed by atoms with van der Waals surface area (Å²) < 4.78 is 62.7. The molecule has 0 N–H and O–H groups in total. The minimum Gasteiger partial charge on any atom is -0.493 e. The Labute approximate surface area is 197 Å². The Morgan fingerprint density at radius 1 is 0.941 bits per heavy atom. The molecule has 0 unspecified atom stereocenters. The molecule has 6 nitrogen and oxygen atoms in total. The van der Waals surface area contributed by atoms with Crippen LogP contribution in [0.5, 0.6) is 11.5 Å². The van der Waals surface area contributed by atoms with Gasteiger partial charge in [0.25, 0.3) is 5.91 Å². The number of ether oxygens (including phenoxy) is 1. The Balaban J connectivity index is 1.90. The van der Waals surface area contributed by atoms with E-state index in [1.807, 2.05) is 13.8 Å². The largest absolute Gasteiger partial charge is 0.493 e. The van der Waals surface area contributed by atoms with Crippen molar-refractivity contribution in [3.05, 3.63) is 89.5 Å². The highest BCUT2D eigenvalue weighted by Gasteiger charge is 2.22. The van der Waals surface area contributed by atoms with Crippen molar-refractivity contribution in [1.82, 2.24) is 4.90 Å². The van der Waals surface area contributed by atoms with Crippen LogP contribution in [0.3, 0.4) is 0 Å². The molecule has 0 aliphatic heterocycles. The Bertz CT molecular complexity index is 1260. The van der Waals surface area contributed by atoms with Crippen molar-refractivity contribution in [2.45, 2.75) is 25.3 Å². The average molecular weight is 490 g/mol. The van der Waals surface area contributed by atoms with Gasteiger partial charge in [0, 0.05) is 18.7 Å². The van der Waals surface area contributed by atoms with Crippen molar-refractivity contribution < 1.29 is 30.9 Å². The number of carbonyl (C=O) groups excluding carboxylic acids is 1. The van der Waals surface area contributed by atoms with Crippen molar-refractivity contribution >= 4 is 16.0 Å². The molecule has 0 aromatic heterocycles. The molecule has 0 aliphatic carbocycles. The molecule has 0 fully saturated rings. The second-order valence-electron chi connectivity index (χ2n) is 8.07. The summed E-state index contributed by atoms with van der Waals surface area (Å²) in [5.74, 6) is -1.22. The first kappa shape index (κ1) is 25.2. The normalized spacial score (nSPS) is 11.4. The molecule has 0 bridgehead atoms. The topological polar surface area (TPSA) is 72.9 Å². The minimum atomic E-state index is -4.26. The zero-order valence-corrected chi connectivity index (χ0v) is 19.8. The first-order valence-corrected chi connectivity index (χ1v) is 11.9. The third-order valence-corrected chi connectivity index (χ3v) is 6.10. The monoisotopic (exact) mass is 489 g/mol. The Kier molecular flexibility index (Phi) is 7.88. The molecule has 3 rings (SSSR count). The number of methoxy groups -OCH3 is 1. The van der Waals surface area contributed by atoms with Crippen molar-refractivity contribution in [2.75, 3.05) is 13.7 Å². The molecule has 1 amide bonds. The number of halogens is 2. The molecule has 0 radical (unpaired) electrons. The van der Waals surface area contributed by atoms with Crippen LogP contribution in [0.1, 0.15) is 29.8 Å². The van der Waals surface area contributed by atoms with Gasteiger partial charge in [-0.1, -0.05) is 26.0 Å². The Hall–Kier alpha value is -3.46. The van der Waals surface area contributed by atoms with Gasteiger partial charge in [-0.3, -0.25) is 4.79 Å². The van der Waals surface area contributed by atoms with E-state index in [2.05, 4.69) is 0 Å².